The standard InChI is InChI=1S/C6H4ClN3O4.N2/c7-5-3-1-2-4-6(5)8(9(11)12)10(13)14;1-2/h1-4H;. The molecule has 0 heterocycles. The number of benzene rings is 1. The third kappa shape index (κ3) is 3.03. The third-order valence-corrected chi connectivity index (χ3v) is 1.70. The van der Waals surface area contributed by atoms with Crippen molar-refractivity contribution in [2.45, 2.75) is 0 Å². The SMILES string of the molecule is N#N.O=[N+]([O-])N(c1ccccc1Cl)[N+](=O)[O-]. The zero-order valence-electron chi connectivity index (χ0n) is 7.56. The zero-order valence-corrected chi connectivity index (χ0v) is 8.31. The van der Waals surface area contributed by atoms with Crippen LogP contribution in [0.5, 0.6) is 0 Å². The summed E-state index contributed by atoms with van der Waals surface area (Å²) in [5.74, 6) is 0. The van der Waals surface area contributed by atoms with Gasteiger partial charge in [-0.25, -0.2) is 20.2 Å². The van der Waals surface area contributed by atoms with Crippen LogP contribution in [0.3, 0.4) is 0 Å². The van der Waals surface area contributed by atoms with E-state index in [-0.39, 0.29) is 15.8 Å². The number of nitrogens with zero attached hydrogens (tertiary/aromatic N) is 5. The Bertz CT molecular complexity index is 408. The van der Waals surface area contributed by atoms with Gasteiger partial charge in [-0.15, -0.1) is 0 Å². The lowest BCUT2D eigenvalue weighted by Crippen LogP contribution is -2.35. The van der Waals surface area contributed by atoms with E-state index in [9.17, 15) is 20.2 Å². The summed E-state index contributed by atoms with van der Waals surface area (Å²) in [5, 5.41) is 30.1. The summed E-state index contributed by atoms with van der Waals surface area (Å²) >= 11 is 5.56. The Morgan fingerprint density at radius 2 is 1.56 bits per heavy atom. The smallest absolute Gasteiger partial charge is 0.228 e. The maximum Gasteiger partial charge on any atom is 0.228 e. The molecule has 1 aromatic carbocycles. The van der Waals surface area contributed by atoms with Gasteiger partial charge in [0.25, 0.3) is 0 Å². The fraction of sp³-hybridized carbons (Fsp3) is 0. The van der Waals surface area contributed by atoms with Crippen LogP contribution in [-0.4, -0.2) is 10.1 Å². The number of hydrogen-bond acceptors (Lipinski definition) is 6. The Kier molecular flexibility index (Phi) is 5.16. The molecule has 0 aromatic heterocycles. The first kappa shape index (κ1) is 13.5. The minimum atomic E-state index is -1.15. The molecule has 0 aliphatic carbocycles. The Labute approximate surface area is 93.5 Å². The highest BCUT2D eigenvalue weighted by Crippen LogP contribution is 2.24. The van der Waals surface area contributed by atoms with Gasteiger partial charge in [-0.3, -0.25) is 0 Å². The molecule has 84 valence electrons. The Hall–Kier alpha value is -2.47. The van der Waals surface area contributed by atoms with Crippen LogP contribution in [0.15, 0.2) is 24.3 Å². The van der Waals surface area contributed by atoms with Crippen molar-refractivity contribution in [1.82, 2.24) is 0 Å². The van der Waals surface area contributed by atoms with Crippen LogP contribution in [0.1, 0.15) is 0 Å². The number of rotatable bonds is 3. The van der Waals surface area contributed by atoms with Gasteiger partial charge in [0.05, 0.1) is 5.02 Å². The summed E-state index contributed by atoms with van der Waals surface area (Å²) in [6.07, 6.45) is 0. The number of para-hydroxylation sites is 1. The summed E-state index contributed by atoms with van der Waals surface area (Å²) in [5.41, 5.74) is -0.274. The van der Waals surface area contributed by atoms with Gasteiger partial charge in [0.2, 0.25) is 15.2 Å². The molecule has 0 unspecified atom stereocenters. The normalized spacial score (nSPS) is 8.44. The second-order valence-electron chi connectivity index (χ2n) is 2.22. The zero-order chi connectivity index (χ0) is 12.7. The molecule has 0 radical (unpaired) electrons. The van der Waals surface area contributed by atoms with E-state index < -0.39 is 10.1 Å². The molecule has 1 rings (SSSR count). The van der Waals surface area contributed by atoms with Crippen molar-refractivity contribution in [3.8, 4) is 0 Å². The average molecular weight is 246 g/mol. The van der Waals surface area contributed by atoms with E-state index in [1.807, 2.05) is 0 Å². The van der Waals surface area contributed by atoms with Gasteiger partial charge in [-0.1, -0.05) is 23.7 Å². The second kappa shape index (κ2) is 6.10. The highest BCUT2D eigenvalue weighted by atomic mass is 35.5. The van der Waals surface area contributed by atoms with Crippen LogP contribution in [0.2, 0.25) is 5.02 Å². The van der Waals surface area contributed by atoms with E-state index >= 15 is 0 Å². The minimum Gasteiger partial charge on any atom is -0.230 e. The Morgan fingerprint density at radius 3 is 1.94 bits per heavy atom. The molecule has 0 bridgehead atoms. The van der Waals surface area contributed by atoms with Gasteiger partial charge >= 0.3 is 0 Å². The van der Waals surface area contributed by atoms with Crippen LogP contribution >= 0.6 is 11.6 Å². The van der Waals surface area contributed by atoms with Crippen molar-refractivity contribution in [2.24, 2.45) is 0 Å². The third-order valence-electron chi connectivity index (χ3n) is 1.38. The predicted molar refractivity (Wildman–Crippen MR) is 51.4 cm³/mol. The molecule has 0 fully saturated rings. The second-order valence-corrected chi connectivity index (χ2v) is 2.62. The molecule has 0 aliphatic heterocycles. The molecule has 0 spiro atoms. The monoisotopic (exact) mass is 245 g/mol. The largest absolute Gasteiger partial charge is 0.230 e. The Balaban J connectivity index is 0.00000106. The maximum atomic E-state index is 10.3. The first-order valence-corrected chi connectivity index (χ1v) is 3.95. The summed E-state index contributed by atoms with van der Waals surface area (Å²) in [4.78, 5) is 20.6. The van der Waals surface area contributed by atoms with Crippen molar-refractivity contribution in [2.75, 3.05) is 5.12 Å². The number of anilines is 1. The van der Waals surface area contributed by atoms with Crippen LogP contribution in [0, 0.1) is 31.0 Å². The summed E-state index contributed by atoms with van der Waals surface area (Å²) in [7, 11) is 0. The van der Waals surface area contributed by atoms with Gasteiger partial charge in [0.1, 0.15) is 0 Å². The van der Waals surface area contributed by atoms with Gasteiger partial charge in [0.15, 0.2) is 5.69 Å². The molecule has 1 aromatic rings. The molecule has 0 aliphatic rings. The molecule has 9 nitrogen and oxygen atoms in total. The number of hydrogen-bond donors (Lipinski definition) is 0. The van der Waals surface area contributed by atoms with Gasteiger partial charge in [-0.2, -0.15) is 0 Å². The lowest BCUT2D eigenvalue weighted by Gasteiger charge is -2.04. The van der Waals surface area contributed by atoms with Crippen molar-refractivity contribution in [3.05, 3.63) is 49.5 Å². The molecule has 0 atom stereocenters. The molecular weight excluding hydrogens is 242 g/mol. The first-order chi connectivity index (χ1) is 7.54. The van der Waals surface area contributed by atoms with E-state index in [0.29, 0.717) is 0 Å². The Morgan fingerprint density at radius 1 is 1.12 bits per heavy atom. The molecular formula is C6H4ClN5O4. The summed E-state index contributed by atoms with van der Waals surface area (Å²) in [6, 6.07) is 5.45. The van der Waals surface area contributed by atoms with Crippen molar-refractivity contribution >= 4 is 17.3 Å². The fourth-order valence-electron chi connectivity index (χ4n) is 0.849. The number of nitro groups is 2. The van der Waals surface area contributed by atoms with Gasteiger partial charge in [-0.05, 0) is 12.1 Å². The highest BCUT2D eigenvalue weighted by Gasteiger charge is 2.31. The van der Waals surface area contributed by atoms with E-state index in [0.717, 1.165) is 0 Å². The van der Waals surface area contributed by atoms with E-state index in [1.54, 1.807) is 0 Å². The van der Waals surface area contributed by atoms with Gasteiger partial charge in [0, 0.05) is 10.8 Å². The maximum absolute atomic E-state index is 10.3. The lowest BCUT2D eigenvalue weighted by atomic mass is 10.3. The van der Waals surface area contributed by atoms with Crippen molar-refractivity contribution in [3.63, 3.8) is 0 Å². The molecule has 0 saturated heterocycles. The summed E-state index contributed by atoms with van der Waals surface area (Å²) < 4.78 is 0. The topological polar surface area (TPSA) is 137 Å². The van der Waals surface area contributed by atoms with Crippen LogP contribution in [0.4, 0.5) is 5.69 Å². The molecule has 10 heteroatoms. The van der Waals surface area contributed by atoms with E-state index in [4.69, 9.17) is 22.4 Å². The van der Waals surface area contributed by atoms with E-state index in [1.165, 1.54) is 24.3 Å². The molecule has 0 amide bonds. The summed E-state index contributed by atoms with van der Waals surface area (Å²) in [6.45, 7) is 0. The van der Waals surface area contributed by atoms with Crippen LogP contribution in [0.25, 0.3) is 0 Å². The molecule has 0 saturated carbocycles. The van der Waals surface area contributed by atoms with Crippen molar-refractivity contribution < 1.29 is 10.1 Å². The average Bonchev–Trinajstić information content (AvgIpc) is 2.23. The quantitative estimate of drug-likeness (QED) is 0.447. The van der Waals surface area contributed by atoms with Crippen LogP contribution < -0.4 is 5.12 Å². The number of halogens is 1. The fourth-order valence-corrected chi connectivity index (χ4v) is 1.06. The number of hydrazine groups is 2. The van der Waals surface area contributed by atoms with Gasteiger partial charge < -0.3 is 0 Å². The molecule has 0 N–H and O–H groups in total. The minimum absolute atomic E-state index is 0.0547. The lowest BCUT2D eigenvalue weighted by molar-refractivity contribution is -0.711. The van der Waals surface area contributed by atoms with Crippen molar-refractivity contribution in [1.29, 1.82) is 10.8 Å². The predicted octanol–water partition coefficient (Wildman–Crippen LogP) is 1.56. The molecule has 16 heavy (non-hydrogen) atoms. The van der Waals surface area contributed by atoms with E-state index in [2.05, 4.69) is 0 Å². The highest BCUT2D eigenvalue weighted by molar-refractivity contribution is 6.33. The van der Waals surface area contributed by atoms with Crippen LogP contribution in [-0.2, 0) is 0 Å². The first-order valence-electron chi connectivity index (χ1n) is 3.57.